The molecule has 0 aromatic heterocycles. The zero-order valence-electron chi connectivity index (χ0n) is 13.3. The molecule has 1 aromatic rings. The molecule has 118 valence electrons. The van der Waals surface area contributed by atoms with E-state index in [1.807, 2.05) is 18.2 Å². The lowest BCUT2D eigenvalue weighted by atomic mass is 10.2. The number of rotatable bonds is 8. The molecule has 5 heteroatoms. The highest BCUT2D eigenvalue weighted by atomic mass is 35.5. The van der Waals surface area contributed by atoms with Crippen LogP contribution in [0.25, 0.3) is 0 Å². The van der Waals surface area contributed by atoms with Gasteiger partial charge in [0.05, 0.1) is 11.6 Å². The standard InChI is InChI=1S/C16H25ClN2O2/c1-12(2)18-11-13-7-5-8-14(17)16(13)21-10-6-9-15(20)19(3)4/h5,7-8,12,18H,6,9-11H2,1-4H3. The molecular weight excluding hydrogens is 288 g/mol. The van der Waals surface area contributed by atoms with Gasteiger partial charge in [-0.3, -0.25) is 4.79 Å². The van der Waals surface area contributed by atoms with E-state index in [1.54, 1.807) is 19.0 Å². The normalized spacial score (nSPS) is 10.8. The molecule has 0 spiro atoms. The lowest BCUT2D eigenvalue weighted by Crippen LogP contribution is -2.23. The number of benzene rings is 1. The second-order valence-electron chi connectivity index (χ2n) is 5.50. The van der Waals surface area contributed by atoms with Crippen LogP contribution < -0.4 is 10.1 Å². The molecule has 0 aliphatic heterocycles. The largest absolute Gasteiger partial charge is 0.492 e. The molecule has 0 bridgehead atoms. The minimum Gasteiger partial charge on any atom is -0.492 e. The van der Waals surface area contributed by atoms with Gasteiger partial charge < -0.3 is 15.0 Å². The number of hydrogen-bond acceptors (Lipinski definition) is 3. The van der Waals surface area contributed by atoms with Gasteiger partial charge in [0, 0.05) is 38.7 Å². The summed E-state index contributed by atoms with van der Waals surface area (Å²) in [6.45, 7) is 5.39. The summed E-state index contributed by atoms with van der Waals surface area (Å²) in [6.07, 6.45) is 1.16. The molecule has 4 nitrogen and oxygen atoms in total. The molecule has 0 fully saturated rings. The first-order chi connectivity index (χ1) is 9.91. The quantitative estimate of drug-likeness (QED) is 0.750. The van der Waals surface area contributed by atoms with Crippen molar-refractivity contribution >= 4 is 17.5 Å². The molecular formula is C16H25ClN2O2. The van der Waals surface area contributed by atoms with E-state index in [1.165, 1.54) is 0 Å². The number of hydrogen-bond donors (Lipinski definition) is 1. The summed E-state index contributed by atoms with van der Waals surface area (Å²) in [5.41, 5.74) is 1.04. The lowest BCUT2D eigenvalue weighted by molar-refractivity contribution is -0.128. The van der Waals surface area contributed by atoms with E-state index in [4.69, 9.17) is 16.3 Å². The van der Waals surface area contributed by atoms with E-state index in [2.05, 4.69) is 19.2 Å². The van der Waals surface area contributed by atoms with E-state index in [9.17, 15) is 4.79 Å². The minimum atomic E-state index is 0.111. The van der Waals surface area contributed by atoms with Crippen molar-refractivity contribution in [1.29, 1.82) is 0 Å². The number of carbonyl (C=O) groups is 1. The molecule has 0 radical (unpaired) electrons. The highest BCUT2D eigenvalue weighted by molar-refractivity contribution is 6.32. The van der Waals surface area contributed by atoms with Crippen LogP contribution in [0.1, 0.15) is 32.3 Å². The fourth-order valence-corrected chi connectivity index (χ4v) is 2.04. The smallest absolute Gasteiger partial charge is 0.222 e. The summed E-state index contributed by atoms with van der Waals surface area (Å²) >= 11 is 6.21. The molecule has 0 heterocycles. The fraction of sp³-hybridized carbons (Fsp3) is 0.562. The second-order valence-corrected chi connectivity index (χ2v) is 5.91. The topological polar surface area (TPSA) is 41.6 Å². The Labute approximate surface area is 132 Å². The zero-order valence-corrected chi connectivity index (χ0v) is 14.0. The van der Waals surface area contributed by atoms with Crippen LogP contribution in [0.2, 0.25) is 5.02 Å². The first-order valence-electron chi connectivity index (χ1n) is 7.25. The van der Waals surface area contributed by atoms with E-state index in [0.717, 1.165) is 5.56 Å². The van der Waals surface area contributed by atoms with E-state index < -0.39 is 0 Å². The predicted octanol–water partition coefficient (Wildman–Crippen LogP) is 3.09. The average Bonchev–Trinajstić information content (AvgIpc) is 2.42. The van der Waals surface area contributed by atoms with Gasteiger partial charge >= 0.3 is 0 Å². The van der Waals surface area contributed by atoms with Gasteiger partial charge in [0.1, 0.15) is 5.75 Å². The summed E-state index contributed by atoms with van der Waals surface area (Å²) in [4.78, 5) is 13.1. The maximum absolute atomic E-state index is 11.5. The van der Waals surface area contributed by atoms with Crippen LogP contribution in [0, 0.1) is 0 Å². The number of amides is 1. The van der Waals surface area contributed by atoms with Gasteiger partial charge in [0.25, 0.3) is 0 Å². The number of nitrogens with zero attached hydrogens (tertiary/aromatic N) is 1. The number of nitrogens with one attached hydrogen (secondary N) is 1. The fourth-order valence-electron chi connectivity index (χ4n) is 1.79. The van der Waals surface area contributed by atoms with Crippen molar-refractivity contribution in [3.05, 3.63) is 28.8 Å². The Balaban J connectivity index is 2.55. The van der Waals surface area contributed by atoms with Gasteiger partial charge in [-0.2, -0.15) is 0 Å². The zero-order chi connectivity index (χ0) is 15.8. The third-order valence-corrected chi connectivity index (χ3v) is 3.33. The maximum atomic E-state index is 11.5. The Hall–Kier alpha value is -1.26. The molecule has 0 aliphatic carbocycles. The second kappa shape index (κ2) is 8.90. The Kier molecular flexibility index (Phi) is 7.54. The molecule has 0 atom stereocenters. The summed E-state index contributed by atoms with van der Waals surface area (Å²) < 4.78 is 5.79. The maximum Gasteiger partial charge on any atom is 0.222 e. The SMILES string of the molecule is CC(C)NCc1cccc(Cl)c1OCCCC(=O)N(C)C. The van der Waals surface area contributed by atoms with Crippen molar-refractivity contribution in [2.75, 3.05) is 20.7 Å². The molecule has 0 saturated heterocycles. The molecule has 1 amide bonds. The third-order valence-electron chi connectivity index (χ3n) is 3.03. The first-order valence-corrected chi connectivity index (χ1v) is 7.63. The van der Waals surface area contributed by atoms with E-state index in [-0.39, 0.29) is 5.91 Å². The summed E-state index contributed by atoms with van der Waals surface area (Å²) in [7, 11) is 3.51. The Bertz CT molecular complexity index is 462. The van der Waals surface area contributed by atoms with Gasteiger partial charge in [-0.25, -0.2) is 0 Å². The Morgan fingerprint density at radius 2 is 2.10 bits per heavy atom. The minimum absolute atomic E-state index is 0.111. The van der Waals surface area contributed by atoms with Crippen LogP contribution in [0.3, 0.4) is 0 Å². The van der Waals surface area contributed by atoms with Crippen LogP contribution in [0.15, 0.2) is 18.2 Å². The molecule has 1 N–H and O–H groups in total. The molecule has 0 aliphatic rings. The highest BCUT2D eigenvalue weighted by Gasteiger charge is 2.10. The number of ether oxygens (including phenoxy) is 1. The first kappa shape index (κ1) is 17.8. The van der Waals surface area contributed by atoms with Gasteiger partial charge in [0.2, 0.25) is 5.91 Å². The summed E-state index contributed by atoms with van der Waals surface area (Å²) in [5.74, 6) is 0.823. The number of para-hydroxylation sites is 1. The van der Waals surface area contributed by atoms with Crippen LogP contribution in [0.4, 0.5) is 0 Å². The predicted molar refractivity (Wildman–Crippen MR) is 86.9 cm³/mol. The van der Waals surface area contributed by atoms with Gasteiger partial charge in [-0.15, -0.1) is 0 Å². The van der Waals surface area contributed by atoms with Crippen molar-refractivity contribution in [3.8, 4) is 5.75 Å². The number of halogens is 1. The van der Waals surface area contributed by atoms with Gasteiger partial charge in [0.15, 0.2) is 0 Å². The molecule has 0 saturated carbocycles. The van der Waals surface area contributed by atoms with Crippen molar-refractivity contribution in [2.24, 2.45) is 0 Å². The Morgan fingerprint density at radius 3 is 2.71 bits per heavy atom. The summed E-state index contributed by atoms with van der Waals surface area (Å²) in [6, 6.07) is 6.14. The summed E-state index contributed by atoms with van der Waals surface area (Å²) in [5, 5.41) is 3.96. The monoisotopic (exact) mass is 312 g/mol. The van der Waals surface area contributed by atoms with Gasteiger partial charge in [-0.1, -0.05) is 37.6 Å². The average molecular weight is 313 g/mol. The highest BCUT2D eigenvalue weighted by Crippen LogP contribution is 2.29. The van der Waals surface area contributed by atoms with Crippen molar-refractivity contribution in [1.82, 2.24) is 10.2 Å². The van der Waals surface area contributed by atoms with Gasteiger partial charge in [-0.05, 0) is 12.5 Å². The van der Waals surface area contributed by atoms with Crippen molar-refractivity contribution in [2.45, 2.75) is 39.3 Å². The van der Waals surface area contributed by atoms with Crippen LogP contribution >= 0.6 is 11.6 Å². The van der Waals surface area contributed by atoms with E-state index >= 15 is 0 Å². The third kappa shape index (κ3) is 6.36. The molecule has 0 unspecified atom stereocenters. The molecule has 1 rings (SSSR count). The van der Waals surface area contributed by atoms with E-state index in [0.29, 0.717) is 42.8 Å². The lowest BCUT2D eigenvalue weighted by Gasteiger charge is -2.15. The van der Waals surface area contributed by atoms with Crippen LogP contribution in [-0.4, -0.2) is 37.6 Å². The molecule has 21 heavy (non-hydrogen) atoms. The van der Waals surface area contributed by atoms with Crippen molar-refractivity contribution in [3.63, 3.8) is 0 Å². The number of carbonyl (C=O) groups excluding carboxylic acids is 1. The van der Waals surface area contributed by atoms with Crippen molar-refractivity contribution < 1.29 is 9.53 Å². The Morgan fingerprint density at radius 1 is 1.38 bits per heavy atom. The van der Waals surface area contributed by atoms with Crippen LogP contribution in [0.5, 0.6) is 5.75 Å². The van der Waals surface area contributed by atoms with Crippen LogP contribution in [-0.2, 0) is 11.3 Å². The molecule has 1 aromatic carbocycles.